The first-order valence-corrected chi connectivity index (χ1v) is 7.99. The number of hydrogen-bond donors (Lipinski definition) is 2. The SMILES string of the molecule is CCC[C@@]1(CO)CN(Cc2c(F)ccc(OC)c2F)CC[C@H]1O. The van der Waals surface area contributed by atoms with Crippen LogP contribution in [0.5, 0.6) is 5.75 Å². The van der Waals surface area contributed by atoms with E-state index in [0.29, 0.717) is 25.9 Å². The summed E-state index contributed by atoms with van der Waals surface area (Å²) in [5.41, 5.74) is -0.664. The third kappa shape index (κ3) is 3.65. The molecule has 2 N–H and O–H groups in total. The minimum Gasteiger partial charge on any atom is -0.494 e. The fourth-order valence-electron chi connectivity index (χ4n) is 3.46. The average molecular weight is 329 g/mol. The number of halogens is 2. The van der Waals surface area contributed by atoms with Crippen molar-refractivity contribution in [1.29, 1.82) is 0 Å². The van der Waals surface area contributed by atoms with E-state index in [4.69, 9.17) is 4.74 Å². The van der Waals surface area contributed by atoms with Gasteiger partial charge in [-0.1, -0.05) is 13.3 Å². The number of rotatable bonds is 6. The van der Waals surface area contributed by atoms with Crippen molar-refractivity contribution in [3.05, 3.63) is 29.3 Å². The van der Waals surface area contributed by atoms with Gasteiger partial charge in [0, 0.05) is 30.6 Å². The number of nitrogens with zero attached hydrogens (tertiary/aromatic N) is 1. The van der Waals surface area contributed by atoms with Crippen LogP contribution in [0.25, 0.3) is 0 Å². The van der Waals surface area contributed by atoms with Gasteiger partial charge in [-0.3, -0.25) is 4.90 Å². The van der Waals surface area contributed by atoms with Crippen LogP contribution in [0.15, 0.2) is 12.1 Å². The molecule has 0 spiro atoms. The fraction of sp³-hybridized carbons (Fsp3) is 0.647. The Morgan fingerprint density at radius 1 is 1.39 bits per heavy atom. The van der Waals surface area contributed by atoms with Crippen molar-refractivity contribution in [2.24, 2.45) is 5.41 Å². The van der Waals surface area contributed by atoms with Crippen molar-refractivity contribution in [3.8, 4) is 5.75 Å². The zero-order valence-electron chi connectivity index (χ0n) is 13.7. The lowest BCUT2D eigenvalue weighted by Crippen LogP contribution is -2.53. The van der Waals surface area contributed by atoms with Gasteiger partial charge in [-0.15, -0.1) is 0 Å². The summed E-state index contributed by atoms with van der Waals surface area (Å²) in [5, 5.41) is 20.0. The van der Waals surface area contributed by atoms with Gasteiger partial charge in [0.25, 0.3) is 0 Å². The van der Waals surface area contributed by atoms with Crippen LogP contribution in [0.4, 0.5) is 8.78 Å². The number of benzene rings is 1. The predicted molar refractivity (Wildman–Crippen MR) is 83.2 cm³/mol. The van der Waals surface area contributed by atoms with E-state index in [1.165, 1.54) is 19.2 Å². The molecule has 0 aliphatic carbocycles. The van der Waals surface area contributed by atoms with Gasteiger partial charge in [0.15, 0.2) is 11.6 Å². The summed E-state index contributed by atoms with van der Waals surface area (Å²) < 4.78 is 33.2. The summed E-state index contributed by atoms with van der Waals surface area (Å²) in [6, 6.07) is 2.46. The Kier molecular flexibility index (Phi) is 5.95. The van der Waals surface area contributed by atoms with E-state index in [2.05, 4.69) is 0 Å². The summed E-state index contributed by atoms with van der Waals surface area (Å²) in [6.07, 6.45) is 1.38. The van der Waals surface area contributed by atoms with Gasteiger partial charge in [0.2, 0.25) is 0 Å². The van der Waals surface area contributed by atoms with Crippen LogP contribution in [0.2, 0.25) is 0 Å². The highest BCUT2D eigenvalue weighted by Gasteiger charge is 2.41. The van der Waals surface area contributed by atoms with E-state index in [0.717, 1.165) is 6.42 Å². The third-order valence-corrected chi connectivity index (χ3v) is 4.78. The molecular weight excluding hydrogens is 304 g/mol. The van der Waals surface area contributed by atoms with Crippen molar-refractivity contribution >= 4 is 0 Å². The number of piperidine rings is 1. The molecule has 0 amide bonds. The molecule has 1 aromatic rings. The maximum Gasteiger partial charge on any atom is 0.172 e. The second kappa shape index (κ2) is 7.55. The molecule has 23 heavy (non-hydrogen) atoms. The number of hydrogen-bond acceptors (Lipinski definition) is 4. The van der Waals surface area contributed by atoms with Gasteiger partial charge in [-0.05, 0) is 25.0 Å². The zero-order valence-corrected chi connectivity index (χ0v) is 13.7. The minimum absolute atomic E-state index is 0.0143. The summed E-state index contributed by atoms with van der Waals surface area (Å²) in [5.74, 6) is -1.29. The molecule has 0 bridgehead atoms. The smallest absolute Gasteiger partial charge is 0.172 e. The van der Waals surface area contributed by atoms with Crippen molar-refractivity contribution in [3.63, 3.8) is 0 Å². The lowest BCUT2D eigenvalue weighted by atomic mass is 9.74. The van der Waals surface area contributed by atoms with E-state index in [1.807, 2.05) is 11.8 Å². The van der Waals surface area contributed by atoms with E-state index in [9.17, 15) is 19.0 Å². The summed E-state index contributed by atoms with van der Waals surface area (Å²) >= 11 is 0. The zero-order chi connectivity index (χ0) is 17.0. The van der Waals surface area contributed by atoms with Crippen LogP contribution < -0.4 is 4.74 Å². The van der Waals surface area contributed by atoms with Crippen molar-refractivity contribution in [2.75, 3.05) is 26.8 Å². The first-order chi connectivity index (χ1) is 11.0. The van der Waals surface area contributed by atoms with Crippen LogP contribution in [0, 0.1) is 17.0 Å². The quantitative estimate of drug-likeness (QED) is 0.841. The number of methoxy groups -OCH3 is 1. The van der Waals surface area contributed by atoms with Gasteiger partial charge in [-0.25, -0.2) is 8.78 Å². The highest BCUT2D eigenvalue weighted by atomic mass is 19.1. The maximum absolute atomic E-state index is 14.3. The minimum atomic E-state index is -0.691. The third-order valence-electron chi connectivity index (χ3n) is 4.78. The van der Waals surface area contributed by atoms with E-state index in [1.54, 1.807) is 0 Å². The normalized spacial score (nSPS) is 25.6. The summed E-state index contributed by atoms with van der Waals surface area (Å²) in [4.78, 5) is 1.89. The van der Waals surface area contributed by atoms with Crippen LogP contribution in [0.1, 0.15) is 31.7 Å². The van der Waals surface area contributed by atoms with Crippen LogP contribution in [0.3, 0.4) is 0 Å². The average Bonchev–Trinajstić information content (AvgIpc) is 2.54. The molecule has 0 radical (unpaired) electrons. The Bertz CT molecular complexity index is 541. The van der Waals surface area contributed by atoms with Gasteiger partial charge in [0.1, 0.15) is 5.82 Å². The molecule has 2 rings (SSSR count). The molecule has 1 aliphatic heterocycles. The molecule has 4 nitrogen and oxygen atoms in total. The highest BCUT2D eigenvalue weighted by Crippen LogP contribution is 2.36. The van der Waals surface area contributed by atoms with Crippen LogP contribution in [-0.2, 0) is 6.54 Å². The number of ether oxygens (including phenoxy) is 1. The second-order valence-electron chi connectivity index (χ2n) is 6.33. The maximum atomic E-state index is 14.3. The molecule has 6 heteroatoms. The Labute approximate surface area is 135 Å². The van der Waals surface area contributed by atoms with Gasteiger partial charge >= 0.3 is 0 Å². The van der Waals surface area contributed by atoms with Gasteiger partial charge in [-0.2, -0.15) is 0 Å². The number of aliphatic hydroxyl groups excluding tert-OH is 2. The Morgan fingerprint density at radius 3 is 2.74 bits per heavy atom. The van der Waals surface area contributed by atoms with Gasteiger partial charge in [0.05, 0.1) is 19.8 Å². The first-order valence-electron chi connectivity index (χ1n) is 7.99. The van der Waals surface area contributed by atoms with E-state index >= 15 is 0 Å². The van der Waals surface area contributed by atoms with E-state index < -0.39 is 23.2 Å². The van der Waals surface area contributed by atoms with Crippen LogP contribution >= 0.6 is 0 Å². The molecule has 1 fully saturated rings. The molecular formula is C17H25F2NO3. The molecule has 0 aromatic heterocycles. The van der Waals surface area contributed by atoms with Crippen molar-refractivity contribution < 1.29 is 23.7 Å². The lowest BCUT2D eigenvalue weighted by molar-refractivity contribution is -0.0823. The fourth-order valence-corrected chi connectivity index (χ4v) is 3.46. The van der Waals surface area contributed by atoms with Crippen LogP contribution in [-0.4, -0.2) is 48.0 Å². The predicted octanol–water partition coefficient (Wildman–Crippen LogP) is 2.32. The molecule has 0 saturated carbocycles. The van der Waals surface area contributed by atoms with E-state index in [-0.39, 0.29) is 24.5 Å². The number of likely N-dealkylation sites (tertiary alicyclic amines) is 1. The monoisotopic (exact) mass is 329 g/mol. The first kappa shape index (κ1) is 18.1. The molecule has 2 atom stereocenters. The standard InChI is InChI=1S/C17H25F2NO3/c1-3-7-17(11-21)10-20(8-6-15(17)22)9-12-13(18)4-5-14(23-2)16(12)19/h4-5,15,21-22H,3,6-11H2,1-2H3/t15-,17+/m1/s1. The van der Waals surface area contributed by atoms with Crippen molar-refractivity contribution in [1.82, 2.24) is 4.90 Å². The molecule has 0 unspecified atom stereocenters. The van der Waals surface area contributed by atoms with Gasteiger partial charge < -0.3 is 14.9 Å². The molecule has 130 valence electrons. The Hall–Kier alpha value is -1.24. The second-order valence-corrected chi connectivity index (χ2v) is 6.33. The Morgan fingerprint density at radius 2 is 2.13 bits per heavy atom. The summed E-state index contributed by atoms with van der Waals surface area (Å²) in [7, 11) is 1.34. The molecule has 1 aromatic carbocycles. The number of aliphatic hydroxyl groups is 2. The lowest BCUT2D eigenvalue weighted by Gasteiger charge is -2.45. The largest absolute Gasteiger partial charge is 0.494 e. The molecule has 1 aliphatic rings. The highest BCUT2D eigenvalue weighted by molar-refractivity contribution is 5.32. The molecule has 1 saturated heterocycles. The van der Waals surface area contributed by atoms with Crippen molar-refractivity contribution in [2.45, 2.75) is 38.8 Å². The topological polar surface area (TPSA) is 52.9 Å². The summed E-state index contributed by atoms with van der Waals surface area (Å²) in [6.45, 7) is 2.89. The Balaban J connectivity index is 2.21. The molecule has 1 heterocycles.